The van der Waals surface area contributed by atoms with Gasteiger partial charge in [-0.15, -0.1) is 0 Å². The van der Waals surface area contributed by atoms with Crippen LogP contribution >= 0.6 is 11.6 Å². The molecule has 4 aromatic rings. The van der Waals surface area contributed by atoms with E-state index in [9.17, 15) is 8.78 Å². The average molecular weight is 524 g/mol. The summed E-state index contributed by atoms with van der Waals surface area (Å²) in [5.41, 5.74) is 16.3. The largest absolute Gasteiger partial charge is 0.382 e. The molecule has 0 amide bonds. The van der Waals surface area contributed by atoms with Crippen molar-refractivity contribution in [1.82, 2.24) is 14.8 Å². The molecule has 37 heavy (non-hydrogen) atoms. The van der Waals surface area contributed by atoms with Gasteiger partial charge in [-0.1, -0.05) is 37.4 Å². The molecule has 0 fully saturated rings. The molecule has 5 nitrogen and oxygen atoms in total. The van der Waals surface area contributed by atoms with Crippen molar-refractivity contribution in [2.24, 2.45) is 18.2 Å². The summed E-state index contributed by atoms with van der Waals surface area (Å²) in [6, 6.07) is 10.0. The first-order valence-electron chi connectivity index (χ1n) is 12.1. The molecule has 2 aromatic heterocycles. The van der Waals surface area contributed by atoms with Gasteiger partial charge in [-0.05, 0) is 69.0 Å². The molecule has 2 aromatic carbocycles. The molecule has 1 atom stereocenters. The van der Waals surface area contributed by atoms with E-state index in [1.807, 2.05) is 52.8 Å². The molecule has 2 heterocycles. The Labute approximate surface area is 221 Å². The molecule has 0 radical (unpaired) electrons. The van der Waals surface area contributed by atoms with Crippen LogP contribution in [0.15, 0.2) is 42.5 Å². The second-order valence-electron chi connectivity index (χ2n) is 9.55. The van der Waals surface area contributed by atoms with Crippen LogP contribution in [0.25, 0.3) is 22.0 Å². The first-order chi connectivity index (χ1) is 17.4. The van der Waals surface area contributed by atoms with Gasteiger partial charge in [0.15, 0.2) is 5.82 Å². The summed E-state index contributed by atoms with van der Waals surface area (Å²) in [5, 5.41) is 5.44. The zero-order valence-electron chi connectivity index (χ0n) is 22.0. The van der Waals surface area contributed by atoms with E-state index in [-0.39, 0.29) is 11.8 Å². The lowest BCUT2D eigenvalue weighted by Crippen LogP contribution is -2.17. The fraction of sp³-hybridized carbons (Fsp3) is 0.310. The molecule has 0 aliphatic rings. The van der Waals surface area contributed by atoms with E-state index < -0.39 is 17.7 Å². The van der Waals surface area contributed by atoms with Gasteiger partial charge in [-0.25, -0.2) is 13.8 Å². The van der Waals surface area contributed by atoms with Gasteiger partial charge in [0.05, 0.1) is 27.7 Å². The van der Waals surface area contributed by atoms with Gasteiger partial charge in [0.25, 0.3) is 0 Å². The number of rotatable bonds is 4. The number of anilines is 1. The Morgan fingerprint density at radius 2 is 1.65 bits per heavy atom. The van der Waals surface area contributed by atoms with Crippen LogP contribution in [0.4, 0.5) is 14.6 Å². The molecule has 4 N–H and O–H groups in total. The van der Waals surface area contributed by atoms with E-state index in [2.05, 4.69) is 16.9 Å². The molecule has 4 rings (SSSR count). The first kappa shape index (κ1) is 28.1. The summed E-state index contributed by atoms with van der Waals surface area (Å²) in [7, 11) is 1.78. The van der Waals surface area contributed by atoms with Crippen LogP contribution in [0.5, 0.6) is 0 Å². The summed E-state index contributed by atoms with van der Waals surface area (Å²) in [6.07, 6.45) is 0.176. The zero-order valence-corrected chi connectivity index (χ0v) is 22.7. The molecule has 1 unspecified atom stereocenters. The molecular weight excluding hydrogens is 492 g/mol. The monoisotopic (exact) mass is 523 g/mol. The van der Waals surface area contributed by atoms with E-state index in [1.165, 1.54) is 12.1 Å². The van der Waals surface area contributed by atoms with Crippen molar-refractivity contribution in [1.29, 1.82) is 0 Å². The smallest absolute Gasteiger partial charge is 0.154 e. The highest BCUT2D eigenvalue weighted by molar-refractivity contribution is 6.37. The van der Waals surface area contributed by atoms with Crippen LogP contribution in [0, 0.1) is 28.9 Å². The number of nitrogens with zero attached hydrogens (tertiary/aromatic N) is 3. The van der Waals surface area contributed by atoms with Crippen molar-refractivity contribution in [3.8, 4) is 23.0 Å². The number of hydrogen-bond donors (Lipinski definition) is 2. The molecule has 0 spiro atoms. The van der Waals surface area contributed by atoms with Crippen LogP contribution < -0.4 is 11.5 Å². The molecular formula is C29H32ClF2N5. The molecule has 0 aliphatic carbocycles. The minimum absolute atomic E-state index is 0.176. The quantitative estimate of drug-likeness (QED) is 0.288. The predicted molar refractivity (Wildman–Crippen MR) is 148 cm³/mol. The third-order valence-corrected chi connectivity index (χ3v) is 5.79. The number of aromatic nitrogens is 3. The predicted octanol–water partition coefficient (Wildman–Crippen LogP) is 6.82. The Morgan fingerprint density at radius 1 is 1.03 bits per heavy atom. The third-order valence-electron chi connectivity index (χ3n) is 5.47. The summed E-state index contributed by atoms with van der Waals surface area (Å²) in [6.45, 7) is 10.0. The fourth-order valence-electron chi connectivity index (χ4n) is 4.01. The second-order valence-corrected chi connectivity index (χ2v) is 9.95. The Balaban J connectivity index is 0.00000186. The Hall–Kier alpha value is -3.47. The van der Waals surface area contributed by atoms with Crippen molar-refractivity contribution in [3.05, 3.63) is 76.1 Å². The second kappa shape index (κ2) is 11.3. The normalized spacial score (nSPS) is 11.9. The van der Waals surface area contributed by atoms with Gasteiger partial charge in [0, 0.05) is 29.7 Å². The first-order valence-corrected chi connectivity index (χ1v) is 12.5. The van der Waals surface area contributed by atoms with Crippen LogP contribution in [-0.2, 0) is 13.5 Å². The van der Waals surface area contributed by atoms with E-state index in [0.717, 1.165) is 22.7 Å². The molecule has 194 valence electrons. The highest BCUT2D eigenvalue weighted by atomic mass is 35.5. The fourth-order valence-corrected chi connectivity index (χ4v) is 4.26. The number of nitrogens with two attached hydrogens (primary N) is 2. The van der Waals surface area contributed by atoms with E-state index in [1.54, 1.807) is 17.8 Å². The van der Waals surface area contributed by atoms with Crippen LogP contribution in [0.3, 0.4) is 0 Å². The highest BCUT2D eigenvalue weighted by Gasteiger charge is 2.21. The Kier molecular flexibility index (Phi) is 8.57. The van der Waals surface area contributed by atoms with E-state index in [4.69, 9.17) is 28.1 Å². The van der Waals surface area contributed by atoms with Gasteiger partial charge in [-0.2, -0.15) is 5.10 Å². The number of pyridine rings is 1. The number of nitrogen functional groups attached to an aromatic ring is 1. The molecule has 0 saturated carbocycles. The molecule has 0 bridgehead atoms. The lowest BCUT2D eigenvalue weighted by molar-refractivity contribution is 0.571. The highest BCUT2D eigenvalue weighted by Crippen LogP contribution is 2.38. The number of hydrogen-bond acceptors (Lipinski definition) is 4. The topological polar surface area (TPSA) is 82.8 Å². The maximum absolute atomic E-state index is 13.8. The minimum atomic E-state index is -0.668. The summed E-state index contributed by atoms with van der Waals surface area (Å²) in [5.74, 6) is 5.29. The van der Waals surface area contributed by atoms with Crippen molar-refractivity contribution >= 4 is 28.3 Å². The average Bonchev–Trinajstić information content (AvgIpc) is 3.13. The van der Waals surface area contributed by atoms with Gasteiger partial charge >= 0.3 is 0 Å². The van der Waals surface area contributed by atoms with Crippen LogP contribution in [0.1, 0.15) is 57.6 Å². The zero-order chi connectivity index (χ0) is 27.5. The Bertz CT molecular complexity index is 1470. The lowest BCUT2D eigenvalue weighted by Gasteiger charge is -2.18. The standard InChI is InChI=1S/C27H26ClF2N5.C2H6/c1-27(2,3)10-9-18-5-6-19(20-7-8-21(28)23-25(20)35(4)34-26(23)32)24(33-18)22(31)13-15-11-16(29)14-17(30)12-15;1-2/h5-8,11-12,14,22H,13,31H2,1-4H3,(H2,32,34);1-2H3. The number of fused-ring (bicyclic) bond motifs is 1. The van der Waals surface area contributed by atoms with Crippen molar-refractivity contribution in [2.75, 3.05) is 5.73 Å². The maximum atomic E-state index is 13.8. The Morgan fingerprint density at radius 3 is 2.27 bits per heavy atom. The maximum Gasteiger partial charge on any atom is 0.154 e. The van der Waals surface area contributed by atoms with Crippen LogP contribution in [-0.4, -0.2) is 14.8 Å². The van der Waals surface area contributed by atoms with E-state index in [0.29, 0.717) is 33.2 Å². The molecule has 8 heteroatoms. The summed E-state index contributed by atoms with van der Waals surface area (Å²) < 4.78 is 29.3. The summed E-state index contributed by atoms with van der Waals surface area (Å²) >= 11 is 6.42. The SMILES string of the molecule is CC.Cn1nc(N)c2c(Cl)ccc(-c3ccc(C#CC(C)(C)C)nc3C(N)Cc3cc(F)cc(F)c3)c21. The third kappa shape index (κ3) is 6.46. The van der Waals surface area contributed by atoms with Gasteiger partial charge in [-0.3, -0.25) is 4.68 Å². The van der Waals surface area contributed by atoms with Crippen LogP contribution in [0.2, 0.25) is 5.02 Å². The van der Waals surface area contributed by atoms with Gasteiger partial charge in [0.2, 0.25) is 0 Å². The van der Waals surface area contributed by atoms with E-state index >= 15 is 0 Å². The minimum Gasteiger partial charge on any atom is -0.382 e. The number of benzene rings is 2. The van der Waals surface area contributed by atoms with Crippen molar-refractivity contribution in [2.45, 2.75) is 47.1 Å². The molecule has 0 aliphatic heterocycles. The lowest BCUT2D eigenvalue weighted by atomic mass is 9.94. The molecule has 0 saturated heterocycles. The van der Waals surface area contributed by atoms with Gasteiger partial charge < -0.3 is 11.5 Å². The van der Waals surface area contributed by atoms with Gasteiger partial charge in [0.1, 0.15) is 17.3 Å². The van der Waals surface area contributed by atoms with Crippen molar-refractivity contribution < 1.29 is 8.78 Å². The summed E-state index contributed by atoms with van der Waals surface area (Å²) in [4.78, 5) is 4.78. The number of aryl methyl sites for hydroxylation is 1. The van der Waals surface area contributed by atoms with Crippen molar-refractivity contribution in [3.63, 3.8) is 0 Å². The number of halogens is 3.